The van der Waals surface area contributed by atoms with E-state index < -0.39 is 24.8 Å². The molecule has 0 rings (SSSR count). The van der Waals surface area contributed by atoms with E-state index in [4.69, 9.17) is 0 Å². The number of halogens is 3. The first kappa shape index (κ1) is 12.5. The van der Waals surface area contributed by atoms with Crippen molar-refractivity contribution in [2.45, 2.75) is 13.1 Å². The molecule has 0 aromatic carbocycles. The number of amides is 2. The molecule has 0 radical (unpaired) electrons. The Labute approximate surface area is 77.7 Å². The normalized spacial score (nSPS) is 10.6. The first-order chi connectivity index (χ1) is 6.22. The lowest BCUT2D eigenvalue weighted by atomic mass is 10.3. The fourth-order valence-electron chi connectivity index (χ4n) is 0.383. The van der Waals surface area contributed by atoms with Gasteiger partial charge in [-0.1, -0.05) is 6.58 Å². The summed E-state index contributed by atoms with van der Waals surface area (Å²) >= 11 is 0. The van der Waals surface area contributed by atoms with E-state index in [-0.39, 0.29) is 5.57 Å². The van der Waals surface area contributed by atoms with Crippen LogP contribution >= 0.6 is 0 Å². The van der Waals surface area contributed by atoms with Gasteiger partial charge in [-0.2, -0.15) is 13.2 Å². The van der Waals surface area contributed by atoms with Crippen molar-refractivity contribution in [3.05, 3.63) is 12.2 Å². The number of rotatable bonds is 2. The molecule has 0 aliphatic carbocycles. The molecule has 7 heteroatoms. The van der Waals surface area contributed by atoms with Gasteiger partial charge in [-0.3, -0.25) is 10.1 Å². The van der Waals surface area contributed by atoms with Gasteiger partial charge in [0.15, 0.2) is 6.61 Å². The highest BCUT2D eigenvalue weighted by atomic mass is 19.4. The predicted octanol–water partition coefficient (Wildman–Crippen LogP) is 1.38. The van der Waals surface area contributed by atoms with Gasteiger partial charge in [-0.25, -0.2) is 4.79 Å². The summed E-state index contributed by atoms with van der Waals surface area (Å²) in [5, 5.41) is 1.55. The van der Waals surface area contributed by atoms with Crippen LogP contribution in [0.2, 0.25) is 0 Å². The molecule has 0 aliphatic rings. The van der Waals surface area contributed by atoms with Gasteiger partial charge in [-0.15, -0.1) is 0 Å². The maximum atomic E-state index is 11.5. The van der Waals surface area contributed by atoms with Gasteiger partial charge in [-0.05, 0) is 6.92 Å². The molecule has 0 aromatic heterocycles. The Morgan fingerprint density at radius 1 is 1.43 bits per heavy atom. The maximum absolute atomic E-state index is 11.5. The fourth-order valence-corrected chi connectivity index (χ4v) is 0.383. The summed E-state index contributed by atoms with van der Waals surface area (Å²) in [7, 11) is 0. The molecule has 2 amide bonds. The largest absolute Gasteiger partial charge is 0.440 e. The Bertz CT molecular complexity index is 259. The molecule has 0 saturated heterocycles. The number of alkyl carbamates (subject to hydrolysis) is 1. The van der Waals surface area contributed by atoms with Crippen LogP contribution in [0.15, 0.2) is 12.2 Å². The summed E-state index contributed by atoms with van der Waals surface area (Å²) in [6.45, 7) is 2.74. The lowest BCUT2D eigenvalue weighted by Gasteiger charge is -2.07. The number of hydrogen-bond acceptors (Lipinski definition) is 3. The topological polar surface area (TPSA) is 55.4 Å². The van der Waals surface area contributed by atoms with E-state index in [0.29, 0.717) is 0 Å². The zero-order valence-corrected chi connectivity index (χ0v) is 7.27. The van der Waals surface area contributed by atoms with Crippen LogP contribution in [0.1, 0.15) is 6.92 Å². The molecule has 0 aliphatic heterocycles. The van der Waals surface area contributed by atoms with E-state index in [0.717, 1.165) is 0 Å². The molecular formula is C7H8F3NO3. The van der Waals surface area contributed by atoms with Gasteiger partial charge in [0, 0.05) is 5.57 Å². The Morgan fingerprint density at radius 3 is 2.29 bits per heavy atom. The average molecular weight is 211 g/mol. The second-order valence-electron chi connectivity index (χ2n) is 2.43. The van der Waals surface area contributed by atoms with Crippen molar-refractivity contribution in [2.75, 3.05) is 6.61 Å². The Hall–Kier alpha value is -1.53. The van der Waals surface area contributed by atoms with Crippen molar-refractivity contribution in [3.8, 4) is 0 Å². The first-order valence-electron chi connectivity index (χ1n) is 3.43. The highest BCUT2D eigenvalue weighted by molar-refractivity contribution is 6.01. The van der Waals surface area contributed by atoms with Crippen molar-refractivity contribution < 1.29 is 27.5 Å². The van der Waals surface area contributed by atoms with E-state index in [9.17, 15) is 22.8 Å². The summed E-state index contributed by atoms with van der Waals surface area (Å²) < 4.78 is 38.2. The SMILES string of the molecule is C=C(C)C(=O)NC(=O)OCC(F)(F)F. The van der Waals surface area contributed by atoms with E-state index in [2.05, 4.69) is 11.3 Å². The van der Waals surface area contributed by atoms with Crippen LogP contribution in [0.4, 0.5) is 18.0 Å². The van der Waals surface area contributed by atoms with Crippen molar-refractivity contribution in [3.63, 3.8) is 0 Å². The van der Waals surface area contributed by atoms with Crippen LogP contribution in [-0.2, 0) is 9.53 Å². The van der Waals surface area contributed by atoms with Crippen LogP contribution < -0.4 is 5.32 Å². The highest BCUT2D eigenvalue weighted by Crippen LogP contribution is 2.14. The Balaban J connectivity index is 3.89. The second kappa shape index (κ2) is 4.64. The molecule has 1 N–H and O–H groups in total. The van der Waals surface area contributed by atoms with Gasteiger partial charge in [0.2, 0.25) is 0 Å². The van der Waals surface area contributed by atoms with Crippen LogP contribution in [0, 0.1) is 0 Å². The van der Waals surface area contributed by atoms with Crippen molar-refractivity contribution in [1.82, 2.24) is 5.32 Å². The molecule has 4 nitrogen and oxygen atoms in total. The molecule has 0 atom stereocenters. The third-order valence-electron chi connectivity index (χ3n) is 0.970. The molecule has 0 saturated carbocycles. The molecule has 0 fully saturated rings. The van der Waals surface area contributed by atoms with Gasteiger partial charge in [0.05, 0.1) is 0 Å². The van der Waals surface area contributed by atoms with Crippen molar-refractivity contribution in [2.24, 2.45) is 0 Å². The molecule has 0 heterocycles. The quantitative estimate of drug-likeness (QED) is 0.702. The van der Waals surface area contributed by atoms with Gasteiger partial charge >= 0.3 is 12.3 Å². The minimum atomic E-state index is -4.61. The summed E-state index contributed by atoms with van der Waals surface area (Å²) in [5.41, 5.74) is -0.00559. The highest BCUT2D eigenvalue weighted by Gasteiger charge is 2.29. The van der Waals surface area contributed by atoms with Gasteiger partial charge < -0.3 is 4.74 Å². The second-order valence-corrected chi connectivity index (χ2v) is 2.43. The van der Waals surface area contributed by atoms with Crippen molar-refractivity contribution >= 4 is 12.0 Å². The van der Waals surface area contributed by atoms with E-state index in [1.807, 2.05) is 0 Å². The summed E-state index contributed by atoms with van der Waals surface area (Å²) in [6.07, 6.45) is -6.06. The molecular weight excluding hydrogens is 203 g/mol. The number of ether oxygens (including phenoxy) is 1. The number of hydrogen-bond donors (Lipinski definition) is 1. The Kier molecular flexibility index (Phi) is 4.13. The zero-order valence-electron chi connectivity index (χ0n) is 7.27. The Morgan fingerprint density at radius 2 is 1.93 bits per heavy atom. The van der Waals surface area contributed by atoms with E-state index in [1.165, 1.54) is 6.92 Å². The van der Waals surface area contributed by atoms with Gasteiger partial charge in [0.1, 0.15) is 0 Å². The summed E-state index contributed by atoms with van der Waals surface area (Å²) in [5.74, 6) is -0.878. The standard InChI is InChI=1S/C7H8F3NO3/c1-4(2)5(12)11-6(13)14-3-7(8,9)10/h1,3H2,2H3,(H,11,12,13). The zero-order chi connectivity index (χ0) is 11.4. The predicted molar refractivity (Wildman–Crippen MR) is 40.4 cm³/mol. The lowest BCUT2D eigenvalue weighted by Crippen LogP contribution is -2.33. The number of carbonyl (C=O) groups is 2. The number of imide groups is 1. The number of nitrogens with one attached hydrogen (secondary N) is 1. The summed E-state index contributed by atoms with van der Waals surface area (Å²) in [6, 6.07) is 0. The monoisotopic (exact) mass is 211 g/mol. The molecule has 0 aromatic rings. The molecule has 14 heavy (non-hydrogen) atoms. The molecule has 0 bridgehead atoms. The minimum absolute atomic E-state index is 0.00559. The number of alkyl halides is 3. The van der Waals surface area contributed by atoms with E-state index in [1.54, 1.807) is 5.32 Å². The van der Waals surface area contributed by atoms with Crippen LogP contribution in [0.3, 0.4) is 0 Å². The van der Waals surface area contributed by atoms with E-state index >= 15 is 0 Å². The lowest BCUT2D eigenvalue weighted by molar-refractivity contribution is -0.160. The van der Waals surface area contributed by atoms with Crippen LogP contribution in [0.25, 0.3) is 0 Å². The number of carbonyl (C=O) groups excluding carboxylic acids is 2. The minimum Gasteiger partial charge on any atom is -0.440 e. The molecule has 0 unspecified atom stereocenters. The smallest absolute Gasteiger partial charge is 0.422 e. The third kappa shape index (κ3) is 6.04. The molecule has 0 spiro atoms. The van der Waals surface area contributed by atoms with Crippen LogP contribution in [-0.4, -0.2) is 24.8 Å². The molecule has 80 valence electrons. The van der Waals surface area contributed by atoms with Crippen LogP contribution in [0.5, 0.6) is 0 Å². The fraction of sp³-hybridized carbons (Fsp3) is 0.429. The maximum Gasteiger partial charge on any atom is 0.422 e. The first-order valence-corrected chi connectivity index (χ1v) is 3.43. The summed E-state index contributed by atoms with van der Waals surface area (Å²) in [4.78, 5) is 21.2. The average Bonchev–Trinajstić information content (AvgIpc) is 1.99. The van der Waals surface area contributed by atoms with Crippen molar-refractivity contribution in [1.29, 1.82) is 0 Å². The third-order valence-corrected chi connectivity index (χ3v) is 0.970. The van der Waals surface area contributed by atoms with Gasteiger partial charge in [0.25, 0.3) is 5.91 Å².